The Kier molecular flexibility index (Phi) is 8.91. The number of carbonyl (C=O) groups is 1. The molecule has 0 aliphatic heterocycles. The molecule has 41 heavy (non-hydrogen) atoms. The molecule has 9 nitrogen and oxygen atoms in total. The molecule has 2 aromatic heterocycles. The van der Waals surface area contributed by atoms with Gasteiger partial charge in [0.2, 0.25) is 5.91 Å². The minimum absolute atomic E-state index is 0.0648. The van der Waals surface area contributed by atoms with Crippen LogP contribution in [-0.4, -0.2) is 32.1 Å². The number of aryl methyl sites for hydroxylation is 1. The number of rotatable bonds is 13. The van der Waals surface area contributed by atoms with Gasteiger partial charge in [0, 0.05) is 30.0 Å². The average molecular weight is 556 g/mol. The van der Waals surface area contributed by atoms with Gasteiger partial charge in [-0.1, -0.05) is 80.4 Å². The smallest absolute Gasteiger partial charge is 0.356 e. The lowest BCUT2D eigenvalue weighted by Crippen LogP contribution is -2.34. The molecule has 1 aliphatic carbocycles. The Morgan fingerprint density at radius 1 is 1.02 bits per heavy atom. The minimum Gasteiger partial charge on any atom is -0.356 e. The molecule has 9 heteroatoms. The molecule has 0 spiro atoms. The van der Waals surface area contributed by atoms with Crippen LogP contribution in [0.2, 0.25) is 0 Å². The van der Waals surface area contributed by atoms with Crippen LogP contribution in [0.3, 0.4) is 0 Å². The van der Waals surface area contributed by atoms with Crippen molar-refractivity contribution in [3.05, 3.63) is 92.1 Å². The number of nitrogens with one attached hydrogen (secondary N) is 2. The van der Waals surface area contributed by atoms with Gasteiger partial charge in [0.15, 0.2) is 5.82 Å². The predicted octanol–water partition coefficient (Wildman–Crippen LogP) is 4.98. The average Bonchev–Trinajstić information content (AvgIpc) is 3.74. The van der Waals surface area contributed by atoms with Crippen LogP contribution in [0.4, 0.5) is 0 Å². The third-order valence-electron chi connectivity index (χ3n) is 7.51. The van der Waals surface area contributed by atoms with E-state index in [4.69, 9.17) is 9.51 Å². The van der Waals surface area contributed by atoms with E-state index in [-0.39, 0.29) is 23.8 Å². The molecule has 214 valence electrons. The van der Waals surface area contributed by atoms with Crippen molar-refractivity contribution in [2.75, 3.05) is 6.54 Å². The summed E-state index contributed by atoms with van der Waals surface area (Å²) in [6.07, 6.45) is 6.66. The van der Waals surface area contributed by atoms with Gasteiger partial charge in [-0.25, -0.2) is 9.78 Å². The number of aromatic nitrogens is 4. The lowest BCUT2D eigenvalue weighted by molar-refractivity contribution is -0.120. The van der Waals surface area contributed by atoms with Crippen molar-refractivity contribution in [1.82, 2.24) is 25.0 Å². The highest BCUT2D eigenvalue weighted by molar-refractivity contribution is 5.80. The summed E-state index contributed by atoms with van der Waals surface area (Å²) in [5, 5.41) is 6.80. The summed E-state index contributed by atoms with van der Waals surface area (Å²) >= 11 is 0. The van der Waals surface area contributed by atoms with Gasteiger partial charge in [-0.05, 0) is 42.4 Å². The first-order valence-corrected chi connectivity index (χ1v) is 14.6. The summed E-state index contributed by atoms with van der Waals surface area (Å²) in [4.78, 5) is 45.9. The van der Waals surface area contributed by atoms with E-state index in [1.807, 2.05) is 48.5 Å². The van der Waals surface area contributed by atoms with E-state index in [0.717, 1.165) is 78.7 Å². The number of hydrogen-bond acceptors (Lipinski definition) is 6. The van der Waals surface area contributed by atoms with E-state index >= 15 is 0 Å². The molecule has 0 radical (unpaired) electrons. The van der Waals surface area contributed by atoms with E-state index in [2.05, 4.69) is 29.3 Å². The second-order valence-corrected chi connectivity index (χ2v) is 10.7. The molecule has 4 aromatic rings. The zero-order valence-corrected chi connectivity index (χ0v) is 23.7. The summed E-state index contributed by atoms with van der Waals surface area (Å²) in [6, 6.07) is 15.6. The molecule has 0 unspecified atom stereocenters. The Hall–Kier alpha value is -4.27. The SMILES string of the molecule is CCCCNC(=O)Cc1c(C2CC2)nc(CCCC)n(Cc2ccc(-c3ccccc3-c3noc(=O)[nH]3)cc2)c1=O. The Morgan fingerprint density at radius 3 is 2.41 bits per heavy atom. The Labute approximate surface area is 239 Å². The first-order chi connectivity index (χ1) is 20.0. The standard InChI is InChI=1S/C32H37N5O4/c1-3-5-11-27-34-29(23-16-17-23)26(19-28(38)33-18-6-4-2)31(39)37(27)20-21-12-14-22(15-13-21)24-9-7-8-10-25(24)30-35-32(40)41-36-30/h7-10,12-15,23H,3-6,11,16-20H2,1-2H3,(H,33,38)(H,35,36,40). The van der Waals surface area contributed by atoms with E-state index in [0.29, 0.717) is 24.5 Å². The maximum atomic E-state index is 14.0. The van der Waals surface area contributed by atoms with Crippen LogP contribution in [0, 0.1) is 0 Å². The van der Waals surface area contributed by atoms with Crippen molar-refractivity contribution in [2.45, 2.75) is 77.7 Å². The van der Waals surface area contributed by atoms with Crippen molar-refractivity contribution in [2.24, 2.45) is 0 Å². The maximum absolute atomic E-state index is 14.0. The van der Waals surface area contributed by atoms with Crippen LogP contribution in [0.15, 0.2) is 62.6 Å². The van der Waals surface area contributed by atoms with E-state index in [9.17, 15) is 14.4 Å². The molecule has 0 atom stereocenters. The van der Waals surface area contributed by atoms with Crippen LogP contribution in [0.1, 0.15) is 80.9 Å². The molecule has 0 bridgehead atoms. The molecular formula is C32H37N5O4. The normalized spacial score (nSPS) is 12.9. The van der Waals surface area contributed by atoms with Gasteiger partial charge in [-0.3, -0.25) is 23.7 Å². The molecular weight excluding hydrogens is 518 g/mol. The number of benzene rings is 2. The Bertz CT molecular complexity index is 1610. The minimum atomic E-state index is -0.603. The monoisotopic (exact) mass is 555 g/mol. The molecule has 1 fully saturated rings. The number of aromatic amines is 1. The van der Waals surface area contributed by atoms with Crippen LogP contribution in [0.5, 0.6) is 0 Å². The van der Waals surface area contributed by atoms with Crippen LogP contribution in [-0.2, 0) is 24.2 Å². The fourth-order valence-corrected chi connectivity index (χ4v) is 5.09. The maximum Gasteiger partial charge on any atom is 0.439 e. The highest BCUT2D eigenvalue weighted by Crippen LogP contribution is 2.40. The predicted molar refractivity (Wildman–Crippen MR) is 158 cm³/mol. The van der Waals surface area contributed by atoms with Gasteiger partial charge in [-0.2, -0.15) is 0 Å². The van der Waals surface area contributed by atoms with Crippen LogP contribution >= 0.6 is 0 Å². The first-order valence-electron chi connectivity index (χ1n) is 14.6. The summed E-state index contributed by atoms with van der Waals surface area (Å²) in [5.41, 5.74) is 4.80. The lowest BCUT2D eigenvalue weighted by atomic mass is 9.98. The van der Waals surface area contributed by atoms with Gasteiger partial charge < -0.3 is 5.32 Å². The summed E-state index contributed by atoms with van der Waals surface area (Å²) in [7, 11) is 0. The van der Waals surface area contributed by atoms with Crippen molar-refractivity contribution in [1.29, 1.82) is 0 Å². The van der Waals surface area contributed by atoms with Crippen molar-refractivity contribution in [3.63, 3.8) is 0 Å². The van der Waals surface area contributed by atoms with Crippen LogP contribution in [0.25, 0.3) is 22.5 Å². The van der Waals surface area contributed by atoms with Gasteiger partial charge in [-0.15, -0.1) is 0 Å². The number of amides is 1. The van der Waals surface area contributed by atoms with E-state index in [1.54, 1.807) is 4.57 Å². The van der Waals surface area contributed by atoms with Crippen molar-refractivity contribution < 1.29 is 9.32 Å². The van der Waals surface area contributed by atoms with Gasteiger partial charge in [0.05, 0.1) is 18.7 Å². The third-order valence-corrected chi connectivity index (χ3v) is 7.51. The Morgan fingerprint density at radius 2 is 1.76 bits per heavy atom. The molecule has 1 aliphatic rings. The topological polar surface area (TPSA) is 123 Å². The highest BCUT2D eigenvalue weighted by Gasteiger charge is 2.31. The second-order valence-electron chi connectivity index (χ2n) is 10.7. The van der Waals surface area contributed by atoms with Gasteiger partial charge >= 0.3 is 5.76 Å². The molecule has 2 N–H and O–H groups in total. The molecule has 1 amide bonds. The van der Waals surface area contributed by atoms with Gasteiger partial charge in [0.25, 0.3) is 5.56 Å². The first kappa shape index (κ1) is 28.3. The third kappa shape index (κ3) is 6.73. The van der Waals surface area contributed by atoms with Crippen molar-refractivity contribution in [3.8, 4) is 22.5 Å². The largest absolute Gasteiger partial charge is 0.439 e. The molecule has 5 rings (SSSR count). The lowest BCUT2D eigenvalue weighted by Gasteiger charge is -2.18. The quantitative estimate of drug-likeness (QED) is 0.224. The summed E-state index contributed by atoms with van der Waals surface area (Å²) < 4.78 is 6.47. The number of nitrogens with zero attached hydrogens (tertiary/aromatic N) is 3. The molecule has 2 aromatic carbocycles. The highest BCUT2D eigenvalue weighted by atomic mass is 16.5. The van der Waals surface area contributed by atoms with Crippen LogP contribution < -0.4 is 16.6 Å². The fourth-order valence-electron chi connectivity index (χ4n) is 5.09. The molecule has 2 heterocycles. The van der Waals surface area contributed by atoms with E-state index < -0.39 is 5.76 Å². The van der Waals surface area contributed by atoms with Crippen molar-refractivity contribution >= 4 is 5.91 Å². The van der Waals surface area contributed by atoms with Gasteiger partial charge in [0.1, 0.15) is 5.82 Å². The Balaban J connectivity index is 1.46. The second kappa shape index (κ2) is 12.9. The summed E-state index contributed by atoms with van der Waals surface area (Å²) in [6.45, 7) is 5.20. The molecule has 1 saturated carbocycles. The number of carbonyl (C=O) groups excluding carboxylic acids is 1. The summed E-state index contributed by atoms with van der Waals surface area (Å²) in [5.74, 6) is 0.709. The number of unbranched alkanes of at least 4 members (excludes halogenated alkanes) is 2. The fraction of sp³-hybridized carbons (Fsp3) is 0.406. The zero-order chi connectivity index (χ0) is 28.8. The molecule has 0 saturated heterocycles. The number of H-pyrrole nitrogens is 1. The zero-order valence-electron chi connectivity index (χ0n) is 23.7. The van der Waals surface area contributed by atoms with E-state index in [1.165, 1.54) is 0 Å². The number of hydrogen-bond donors (Lipinski definition) is 2.